The van der Waals surface area contributed by atoms with Gasteiger partial charge in [0.15, 0.2) is 0 Å². The van der Waals surface area contributed by atoms with Crippen LogP contribution < -0.4 is 4.90 Å². The zero-order valence-electron chi connectivity index (χ0n) is 17.7. The Morgan fingerprint density at radius 3 is 2.41 bits per heavy atom. The maximum Gasteiger partial charge on any atom is 0.300 e. The van der Waals surface area contributed by atoms with E-state index in [2.05, 4.69) is 0 Å². The molecule has 1 saturated heterocycles. The SMILES string of the molecule is Cc1ccc(N2C(=O)C(=O)/C(=C(\O)c3cccc([N+](=O)[O-])c3)C2c2sccc2C)cc1C. The normalized spacial score (nSPS) is 17.7. The van der Waals surface area contributed by atoms with E-state index in [0.29, 0.717) is 5.69 Å². The van der Waals surface area contributed by atoms with Gasteiger partial charge in [0.2, 0.25) is 0 Å². The van der Waals surface area contributed by atoms with Crippen LogP contribution in [0.25, 0.3) is 5.76 Å². The smallest absolute Gasteiger partial charge is 0.300 e. The van der Waals surface area contributed by atoms with Gasteiger partial charge in [-0.25, -0.2) is 0 Å². The van der Waals surface area contributed by atoms with Gasteiger partial charge in [-0.1, -0.05) is 18.2 Å². The second-order valence-electron chi connectivity index (χ2n) is 7.71. The lowest BCUT2D eigenvalue weighted by Gasteiger charge is -2.25. The van der Waals surface area contributed by atoms with E-state index in [1.807, 2.05) is 44.4 Å². The fourth-order valence-electron chi connectivity index (χ4n) is 3.81. The number of thiophene rings is 1. The number of benzene rings is 2. The molecule has 2 aromatic carbocycles. The zero-order valence-corrected chi connectivity index (χ0v) is 18.5. The molecule has 4 rings (SSSR count). The second-order valence-corrected chi connectivity index (χ2v) is 8.66. The van der Waals surface area contributed by atoms with Gasteiger partial charge in [-0.3, -0.25) is 24.6 Å². The number of anilines is 1. The molecule has 1 aliphatic rings. The summed E-state index contributed by atoms with van der Waals surface area (Å²) in [6.45, 7) is 5.75. The lowest BCUT2D eigenvalue weighted by Crippen LogP contribution is -2.29. The molecule has 32 heavy (non-hydrogen) atoms. The quantitative estimate of drug-likeness (QED) is 0.194. The molecule has 0 saturated carbocycles. The van der Waals surface area contributed by atoms with E-state index in [1.165, 1.54) is 40.5 Å². The molecule has 2 heterocycles. The number of non-ortho nitro benzene ring substituents is 1. The summed E-state index contributed by atoms with van der Waals surface area (Å²) < 4.78 is 0. The number of hydrogen-bond donors (Lipinski definition) is 1. The van der Waals surface area contributed by atoms with Crippen molar-refractivity contribution in [1.29, 1.82) is 0 Å². The number of carbonyl (C=O) groups is 2. The van der Waals surface area contributed by atoms with Crippen LogP contribution in [0.5, 0.6) is 0 Å². The average molecular weight is 449 g/mol. The highest BCUT2D eigenvalue weighted by Gasteiger charge is 2.48. The average Bonchev–Trinajstić information content (AvgIpc) is 3.30. The van der Waals surface area contributed by atoms with Crippen molar-refractivity contribution in [3.63, 3.8) is 0 Å². The van der Waals surface area contributed by atoms with Crippen LogP contribution >= 0.6 is 11.3 Å². The Balaban J connectivity index is 1.96. The summed E-state index contributed by atoms with van der Waals surface area (Å²) in [5.74, 6) is -2.01. The molecule has 0 bridgehead atoms. The molecule has 1 unspecified atom stereocenters. The molecule has 8 heteroatoms. The summed E-state index contributed by atoms with van der Waals surface area (Å²) in [7, 11) is 0. The summed E-state index contributed by atoms with van der Waals surface area (Å²) in [6, 6.07) is 11.9. The van der Waals surface area contributed by atoms with E-state index in [0.717, 1.165) is 21.6 Å². The predicted molar refractivity (Wildman–Crippen MR) is 123 cm³/mol. The Labute approximate surface area is 188 Å². The van der Waals surface area contributed by atoms with E-state index < -0.39 is 28.4 Å². The summed E-state index contributed by atoms with van der Waals surface area (Å²) >= 11 is 1.38. The number of nitro benzene ring substituents is 1. The molecule has 1 atom stereocenters. The number of nitrogens with zero attached hydrogens (tertiary/aromatic N) is 2. The largest absolute Gasteiger partial charge is 0.507 e. The molecule has 1 N–H and O–H groups in total. The Morgan fingerprint density at radius 2 is 1.78 bits per heavy atom. The van der Waals surface area contributed by atoms with Crippen molar-refractivity contribution >= 4 is 40.2 Å². The molecule has 162 valence electrons. The molecule has 1 fully saturated rings. The Morgan fingerprint density at radius 1 is 1.03 bits per heavy atom. The van der Waals surface area contributed by atoms with E-state index in [-0.39, 0.29) is 16.8 Å². The van der Waals surface area contributed by atoms with Gasteiger partial charge in [-0.2, -0.15) is 0 Å². The van der Waals surface area contributed by atoms with Gasteiger partial charge >= 0.3 is 0 Å². The topological polar surface area (TPSA) is 101 Å². The maximum absolute atomic E-state index is 13.2. The molecule has 0 radical (unpaired) electrons. The highest BCUT2D eigenvalue weighted by atomic mass is 32.1. The first kappa shape index (κ1) is 21.5. The van der Waals surface area contributed by atoms with Crippen molar-refractivity contribution < 1.29 is 19.6 Å². The fraction of sp³-hybridized carbons (Fsp3) is 0.167. The molecule has 1 amide bonds. The molecule has 0 aliphatic carbocycles. The van der Waals surface area contributed by atoms with Crippen LogP contribution in [0.15, 0.2) is 59.5 Å². The van der Waals surface area contributed by atoms with Crippen molar-refractivity contribution in [2.24, 2.45) is 0 Å². The first-order valence-corrected chi connectivity index (χ1v) is 10.8. The fourth-order valence-corrected chi connectivity index (χ4v) is 4.83. The summed E-state index contributed by atoms with van der Waals surface area (Å²) in [4.78, 5) is 39.1. The number of ketones is 1. The minimum absolute atomic E-state index is 0.0840. The van der Waals surface area contributed by atoms with Gasteiger partial charge in [0.25, 0.3) is 17.4 Å². The van der Waals surface area contributed by atoms with Gasteiger partial charge in [0.05, 0.1) is 10.5 Å². The number of aryl methyl sites for hydroxylation is 3. The molecule has 0 spiro atoms. The van der Waals surface area contributed by atoms with Crippen molar-refractivity contribution in [3.8, 4) is 0 Å². The molecule has 1 aromatic heterocycles. The Kier molecular flexibility index (Phi) is 5.40. The number of aliphatic hydroxyl groups is 1. The van der Waals surface area contributed by atoms with Crippen LogP contribution in [0.3, 0.4) is 0 Å². The van der Waals surface area contributed by atoms with Crippen LogP contribution in [0, 0.1) is 30.9 Å². The molecular formula is C24H20N2O5S. The van der Waals surface area contributed by atoms with Crippen LogP contribution in [-0.2, 0) is 9.59 Å². The van der Waals surface area contributed by atoms with Crippen molar-refractivity contribution in [2.45, 2.75) is 26.8 Å². The van der Waals surface area contributed by atoms with Gasteiger partial charge in [0.1, 0.15) is 11.8 Å². The van der Waals surface area contributed by atoms with E-state index in [1.54, 1.807) is 6.07 Å². The van der Waals surface area contributed by atoms with Crippen LogP contribution in [0.1, 0.15) is 33.2 Å². The molecule has 3 aromatic rings. The van der Waals surface area contributed by atoms with Gasteiger partial charge in [-0.15, -0.1) is 11.3 Å². The van der Waals surface area contributed by atoms with Crippen LogP contribution in [0.4, 0.5) is 11.4 Å². The van der Waals surface area contributed by atoms with E-state index in [4.69, 9.17) is 0 Å². The monoisotopic (exact) mass is 448 g/mol. The number of Topliss-reactive ketones (excluding diaryl/α,β-unsaturated/α-hetero) is 1. The third kappa shape index (κ3) is 3.48. The molecule has 7 nitrogen and oxygen atoms in total. The number of rotatable bonds is 4. The Hall–Kier alpha value is -3.78. The van der Waals surface area contributed by atoms with Gasteiger partial charge in [0, 0.05) is 28.3 Å². The number of carbonyl (C=O) groups excluding carboxylic acids is 2. The third-order valence-electron chi connectivity index (χ3n) is 5.69. The van der Waals surface area contributed by atoms with Crippen LogP contribution in [-0.4, -0.2) is 21.7 Å². The standard InChI is InChI=1S/C24H20N2O5S/c1-13-7-8-17(11-15(13)3)25-20(23-14(2)9-10-32-23)19(22(28)24(25)29)21(27)16-5-4-6-18(12-16)26(30)31/h4-12,20,27H,1-3H3/b21-19-. The summed E-state index contributed by atoms with van der Waals surface area (Å²) in [5, 5.41) is 24.1. The van der Waals surface area contributed by atoms with Gasteiger partial charge < -0.3 is 5.11 Å². The van der Waals surface area contributed by atoms with Crippen LogP contribution in [0.2, 0.25) is 0 Å². The molecular weight excluding hydrogens is 428 g/mol. The number of nitro groups is 1. The second kappa shape index (κ2) is 8.05. The summed E-state index contributed by atoms with van der Waals surface area (Å²) in [6.07, 6.45) is 0. The van der Waals surface area contributed by atoms with Crippen molar-refractivity contribution in [3.05, 3.63) is 96.7 Å². The lowest BCUT2D eigenvalue weighted by atomic mass is 9.98. The number of aliphatic hydroxyl groups excluding tert-OH is 1. The lowest BCUT2D eigenvalue weighted by molar-refractivity contribution is -0.384. The van der Waals surface area contributed by atoms with Gasteiger partial charge in [-0.05, 0) is 61.0 Å². The number of hydrogen-bond acceptors (Lipinski definition) is 6. The van der Waals surface area contributed by atoms with Crippen molar-refractivity contribution in [1.82, 2.24) is 0 Å². The first-order valence-electron chi connectivity index (χ1n) is 9.87. The maximum atomic E-state index is 13.2. The highest BCUT2D eigenvalue weighted by Crippen LogP contribution is 2.45. The third-order valence-corrected chi connectivity index (χ3v) is 6.76. The minimum atomic E-state index is -0.837. The van der Waals surface area contributed by atoms with E-state index >= 15 is 0 Å². The Bertz CT molecular complexity index is 1310. The molecule has 1 aliphatic heterocycles. The zero-order chi connectivity index (χ0) is 23.2. The summed E-state index contributed by atoms with van der Waals surface area (Å²) in [5.41, 5.74) is 3.24. The van der Waals surface area contributed by atoms with E-state index in [9.17, 15) is 24.8 Å². The highest BCUT2D eigenvalue weighted by molar-refractivity contribution is 7.10. The van der Waals surface area contributed by atoms with Crippen molar-refractivity contribution in [2.75, 3.05) is 4.90 Å². The predicted octanol–water partition coefficient (Wildman–Crippen LogP) is 5.21. The first-order chi connectivity index (χ1) is 15.2. The minimum Gasteiger partial charge on any atom is -0.507 e. The number of amides is 1.